The highest BCUT2D eigenvalue weighted by atomic mass is 32.1. The van der Waals surface area contributed by atoms with Crippen LogP contribution in [0.4, 0.5) is 0 Å². The number of carboxylic acid groups (broad SMARTS) is 2. The van der Waals surface area contributed by atoms with Crippen molar-refractivity contribution < 1.29 is 19.8 Å². The summed E-state index contributed by atoms with van der Waals surface area (Å²) in [5.74, 6) is -1.96. The molecule has 1 heterocycles. The van der Waals surface area contributed by atoms with E-state index in [1.807, 2.05) is 0 Å². The van der Waals surface area contributed by atoms with Gasteiger partial charge in [0, 0.05) is 11.1 Å². The maximum atomic E-state index is 10.8. The fourth-order valence-corrected chi connectivity index (χ4v) is 2.82. The van der Waals surface area contributed by atoms with Crippen LogP contribution in [0.25, 0.3) is 21.1 Å². The van der Waals surface area contributed by atoms with E-state index in [4.69, 9.17) is 10.2 Å². The summed E-state index contributed by atoms with van der Waals surface area (Å²) in [6.45, 7) is 0. The zero-order valence-corrected chi connectivity index (χ0v) is 12.4. The van der Waals surface area contributed by atoms with E-state index >= 15 is 0 Å². The maximum absolute atomic E-state index is 10.8. The Kier molecular flexibility index (Phi) is 3.86. The van der Waals surface area contributed by atoms with E-state index in [1.165, 1.54) is 35.6 Å². The minimum absolute atomic E-state index is 0.211. The molecule has 2 N–H and O–H groups in total. The summed E-state index contributed by atoms with van der Waals surface area (Å²) in [5, 5.41) is 27.3. The first kappa shape index (κ1) is 14.9. The molecule has 0 unspecified atom stereocenters. The molecular weight excluding hydrogens is 316 g/mol. The number of hydrogen-bond donors (Lipinski definition) is 2. The minimum atomic E-state index is -0.979. The van der Waals surface area contributed by atoms with E-state index in [2.05, 4.69) is 10.2 Å². The van der Waals surface area contributed by atoms with Gasteiger partial charge in [0.15, 0.2) is 0 Å². The second kappa shape index (κ2) is 5.98. The zero-order chi connectivity index (χ0) is 16.4. The Labute approximate surface area is 134 Å². The monoisotopic (exact) mass is 326 g/mol. The van der Waals surface area contributed by atoms with Crippen LogP contribution in [-0.4, -0.2) is 32.3 Å². The predicted molar refractivity (Wildman–Crippen MR) is 84.7 cm³/mol. The first-order valence-electron chi connectivity index (χ1n) is 6.55. The fraction of sp³-hybridized carbons (Fsp3) is 0. The Balaban J connectivity index is 1.87. The smallest absolute Gasteiger partial charge is 0.335 e. The molecule has 3 aromatic rings. The number of nitrogens with zero attached hydrogens (tertiary/aromatic N) is 2. The molecule has 114 valence electrons. The number of carbonyl (C=O) groups is 2. The standard InChI is InChI=1S/C16H10N2O4S/c19-15(20)11-5-1-9(2-6-11)13-17-18-14(23-13)10-3-7-12(8-4-10)16(21)22/h1-8H,(H,19,20)(H,21,22). The minimum Gasteiger partial charge on any atom is -0.478 e. The van der Waals surface area contributed by atoms with Crippen LogP contribution in [0.5, 0.6) is 0 Å². The van der Waals surface area contributed by atoms with Crippen molar-refractivity contribution in [1.29, 1.82) is 0 Å². The summed E-state index contributed by atoms with van der Waals surface area (Å²) in [6.07, 6.45) is 0. The topological polar surface area (TPSA) is 100 Å². The van der Waals surface area contributed by atoms with Gasteiger partial charge in [0.05, 0.1) is 11.1 Å². The quantitative estimate of drug-likeness (QED) is 0.763. The average Bonchev–Trinajstić information content (AvgIpc) is 3.05. The molecule has 0 aliphatic rings. The SMILES string of the molecule is O=C(O)c1ccc(-c2nnc(-c3ccc(C(=O)O)cc3)s2)cc1. The van der Waals surface area contributed by atoms with Crippen molar-refractivity contribution in [2.75, 3.05) is 0 Å². The van der Waals surface area contributed by atoms with E-state index in [0.717, 1.165) is 11.1 Å². The van der Waals surface area contributed by atoms with Gasteiger partial charge in [-0.3, -0.25) is 0 Å². The van der Waals surface area contributed by atoms with Crippen LogP contribution in [0.3, 0.4) is 0 Å². The van der Waals surface area contributed by atoms with Gasteiger partial charge < -0.3 is 10.2 Å². The number of carboxylic acids is 2. The Hall–Kier alpha value is -3.06. The predicted octanol–water partition coefficient (Wildman–Crippen LogP) is 3.27. The molecule has 0 aliphatic heterocycles. The van der Waals surface area contributed by atoms with Gasteiger partial charge in [-0.2, -0.15) is 0 Å². The van der Waals surface area contributed by atoms with Crippen LogP contribution in [0.15, 0.2) is 48.5 Å². The van der Waals surface area contributed by atoms with Gasteiger partial charge in [-0.15, -0.1) is 10.2 Å². The van der Waals surface area contributed by atoms with Gasteiger partial charge in [-0.1, -0.05) is 35.6 Å². The molecule has 2 aromatic carbocycles. The van der Waals surface area contributed by atoms with Crippen LogP contribution in [-0.2, 0) is 0 Å². The molecule has 3 rings (SSSR count). The van der Waals surface area contributed by atoms with Gasteiger partial charge in [0.25, 0.3) is 0 Å². The van der Waals surface area contributed by atoms with Crippen LogP contribution in [0, 0.1) is 0 Å². The van der Waals surface area contributed by atoms with E-state index in [0.29, 0.717) is 10.0 Å². The zero-order valence-electron chi connectivity index (χ0n) is 11.6. The molecular formula is C16H10N2O4S. The number of aromatic nitrogens is 2. The summed E-state index contributed by atoms with van der Waals surface area (Å²) in [7, 11) is 0. The molecule has 0 saturated heterocycles. The lowest BCUT2D eigenvalue weighted by Gasteiger charge is -1.97. The Morgan fingerprint density at radius 2 is 1.04 bits per heavy atom. The van der Waals surface area contributed by atoms with Gasteiger partial charge in [-0.05, 0) is 24.3 Å². The first-order chi connectivity index (χ1) is 11.0. The van der Waals surface area contributed by atoms with Crippen molar-refractivity contribution in [3.63, 3.8) is 0 Å². The highest BCUT2D eigenvalue weighted by Crippen LogP contribution is 2.30. The molecule has 0 atom stereocenters. The van der Waals surface area contributed by atoms with Gasteiger partial charge in [0.2, 0.25) is 0 Å². The lowest BCUT2D eigenvalue weighted by atomic mass is 10.1. The van der Waals surface area contributed by atoms with Crippen LogP contribution in [0.1, 0.15) is 20.7 Å². The number of aromatic carboxylic acids is 2. The molecule has 0 bridgehead atoms. The second-order valence-corrected chi connectivity index (χ2v) is 5.65. The third-order valence-corrected chi connectivity index (χ3v) is 4.20. The van der Waals surface area contributed by atoms with Crippen molar-refractivity contribution in [3.05, 3.63) is 59.7 Å². The number of hydrogen-bond acceptors (Lipinski definition) is 5. The largest absolute Gasteiger partial charge is 0.478 e. The van der Waals surface area contributed by atoms with Crippen LogP contribution < -0.4 is 0 Å². The van der Waals surface area contributed by atoms with Crippen molar-refractivity contribution in [1.82, 2.24) is 10.2 Å². The highest BCUT2D eigenvalue weighted by molar-refractivity contribution is 7.17. The average molecular weight is 326 g/mol. The van der Waals surface area contributed by atoms with Crippen LogP contribution >= 0.6 is 11.3 Å². The third-order valence-electron chi connectivity index (χ3n) is 3.18. The molecule has 1 aromatic heterocycles. The van der Waals surface area contributed by atoms with Crippen molar-refractivity contribution in [2.45, 2.75) is 0 Å². The molecule has 6 nitrogen and oxygen atoms in total. The molecule has 23 heavy (non-hydrogen) atoms. The molecule has 0 amide bonds. The molecule has 0 radical (unpaired) electrons. The van der Waals surface area contributed by atoms with Gasteiger partial charge in [0.1, 0.15) is 10.0 Å². The summed E-state index contributed by atoms with van der Waals surface area (Å²) >= 11 is 1.35. The number of rotatable bonds is 4. The van der Waals surface area contributed by atoms with E-state index < -0.39 is 11.9 Å². The lowest BCUT2D eigenvalue weighted by molar-refractivity contribution is 0.0686. The van der Waals surface area contributed by atoms with Gasteiger partial charge in [-0.25, -0.2) is 9.59 Å². The summed E-state index contributed by atoms with van der Waals surface area (Å²) in [6, 6.07) is 12.8. The fourth-order valence-electron chi connectivity index (χ4n) is 1.97. The van der Waals surface area contributed by atoms with E-state index in [1.54, 1.807) is 24.3 Å². The Bertz CT molecular complexity index is 798. The third kappa shape index (κ3) is 3.09. The van der Waals surface area contributed by atoms with Crippen molar-refractivity contribution in [3.8, 4) is 21.1 Å². The normalized spacial score (nSPS) is 10.4. The molecule has 0 saturated carbocycles. The molecule has 0 fully saturated rings. The first-order valence-corrected chi connectivity index (χ1v) is 7.37. The van der Waals surface area contributed by atoms with Crippen LogP contribution in [0.2, 0.25) is 0 Å². The van der Waals surface area contributed by atoms with Crippen molar-refractivity contribution >= 4 is 23.3 Å². The molecule has 0 aliphatic carbocycles. The van der Waals surface area contributed by atoms with Crippen molar-refractivity contribution in [2.24, 2.45) is 0 Å². The van der Waals surface area contributed by atoms with E-state index in [-0.39, 0.29) is 11.1 Å². The maximum Gasteiger partial charge on any atom is 0.335 e. The Morgan fingerprint density at radius 1 is 0.696 bits per heavy atom. The van der Waals surface area contributed by atoms with E-state index in [9.17, 15) is 9.59 Å². The molecule has 0 spiro atoms. The molecule has 7 heteroatoms. The van der Waals surface area contributed by atoms with Gasteiger partial charge >= 0.3 is 11.9 Å². The Morgan fingerprint density at radius 3 is 1.35 bits per heavy atom. The lowest BCUT2D eigenvalue weighted by Crippen LogP contribution is -1.94. The summed E-state index contributed by atoms with van der Waals surface area (Å²) < 4.78 is 0. The number of benzene rings is 2. The summed E-state index contributed by atoms with van der Waals surface area (Å²) in [4.78, 5) is 21.7. The highest BCUT2D eigenvalue weighted by Gasteiger charge is 2.10. The summed E-state index contributed by atoms with van der Waals surface area (Å²) in [5.41, 5.74) is 1.98. The second-order valence-electron chi connectivity index (χ2n) is 4.68.